The predicted octanol–water partition coefficient (Wildman–Crippen LogP) is 2.35. The van der Waals surface area contributed by atoms with E-state index in [0.29, 0.717) is 29.4 Å². The molecule has 4 amide bonds. The van der Waals surface area contributed by atoms with Crippen molar-refractivity contribution in [3.63, 3.8) is 0 Å². The molecule has 140 valence electrons. The van der Waals surface area contributed by atoms with E-state index < -0.39 is 17.8 Å². The Labute approximate surface area is 155 Å². The van der Waals surface area contributed by atoms with Crippen LogP contribution < -0.4 is 14.8 Å². The lowest BCUT2D eigenvalue weighted by Crippen LogP contribution is -2.53. The zero-order valence-electron chi connectivity index (χ0n) is 14.9. The third-order valence-electron chi connectivity index (χ3n) is 3.88. The van der Waals surface area contributed by atoms with Gasteiger partial charge in [-0.3, -0.25) is 19.8 Å². The van der Waals surface area contributed by atoms with Gasteiger partial charge in [-0.05, 0) is 42.8 Å². The SMILES string of the molecule is CCOc1cc(/C=C2\C(=O)NC(=O)N(Cc3ccco3)C2=O)ccc1OC. The number of furan rings is 1. The van der Waals surface area contributed by atoms with Gasteiger partial charge in [0.05, 0.1) is 26.5 Å². The molecule has 1 saturated heterocycles. The highest BCUT2D eigenvalue weighted by atomic mass is 16.5. The Kier molecular flexibility index (Phi) is 5.25. The molecule has 1 aromatic heterocycles. The quantitative estimate of drug-likeness (QED) is 0.619. The Hall–Kier alpha value is -3.55. The molecule has 0 spiro atoms. The summed E-state index contributed by atoms with van der Waals surface area (Å²) in [5.41, 5.74) is 0.402. The van der Waals surface area contributed by atoms with Crippen molar-refractivity contribution in [3.05, 3.63) is 53.5 Å². The van der Waals surface area contributed by atoms with E-state index in [4.69, 9.17) is 13.9 Å². The molecule has 27 heavy (non-hydrogen) atoms. The monoisotopic (exact) mass is 370 g/mol. The zero-order chi connectivity index (χ0) is 19.4. The van der Waals surface area contributed by atoms with E-state index in [0.717, 1.165) is 4.90 Å². The van der Waals surface area contributed by atoms with Crippen LogP contribution in [0.25, 0.3) is 6.08 Å². The molecule has 0 atom stereocenters. The predicted molar refractivity (Wildman–Crippen MR) is 94.9 cm³/mol. The van der Waals surface area contributed by atoms with Gasteiger partial charge in [0.25, 0.3) is 11.8 Å². The smallest absolute Gasteiger partial charge is 0.331 e. The minimum Gasteiger partial charge on any atom is -0.493 e. The fourth-order valence-corrected chi connectivity index (χ4v) is 2.61. The Balaban J connectivity index is 1.91. The second-order valence-electron chi connectivity index (χ2n) is 5.63. The van der Waals surface area contributed by atoms with Crippen LogP contribution in [0.2, 0.25) is 0 Å². The van der Waals surface area contributed by atoms with Crippen LogP contribution >= 0.6 is 0 Å². The summed E-state index contributed by atoms with van der Waals surface area (Å²) in [5.74, 6) is -0.00624. The normalized spacial score (nSPS) is 15.9. The lowest BCUT2D eigenvalue weighted by Gasteiger charge is -2.25. The lowest BCUT2D eigenvalue weighted by molar-refractivity contribution is -0.130. The summed E-state index contributed by atoms with van der Waals surface area (Å²) in [4.78, 5) is 37.8. The molecule has 1 aliphatic rings. The van der Waals surface area contributed by atoms with Gasteiger partial charge < -0.3 is 13.9 Å². The first-order chi connectivity index (χ1) is 13.0. The first-order valence-electron chi connectivity index (χ1n) is 8.25. The van der Waals surface area contributed by atoms with Gasteiger partial charge in [-0.15, -0.1) is 0 Å². The van der Waals surface area contributed by atoms with Crippen molar-refractivity contribution in [1.29, 1.82) is 0 Å². The number of amides is 4. The molecule has 2 aromatic rings. The van der Waals surface area contributed by atoms with Crippen LogP contribution in [-0.2, 0) is 16.1 Å². The van der Waals surface area contributed by atoms with Gasteiger partial charge in [0.1, 0.15) is 11.3 Å². The van der Waals surface area contributed by atoms with Crippen LogP contribution in [0.3, 0.4) is 0 Å². The molecule has 0 unspecified atom stereocenters. The van der Waals surface area contributed by atoms with Crippen LogP contribution in [-0.4, -0.2) is 36.5 Å². The number of nitrogens with zero attached hydrogens (tertiary/aromatic N) is 1. The standard InChI is InChI=1S/C19H18N2O6/c1-3-26-16-10-12(6-7-15(16)25-2)9-14-17(22)20-19(24)21(18(14)23)11-13-5-4-8-27-13/h4-10H,3,11H2,1-2H3,(H,20,22,24)/b14-9+. The highest BCUT2D eigenvalue weighted by Crippen LogP contribution is 2.29. The summed E-state index contributed by atoms with van der Waals surface area (Å²) in [6, 6.07) is 7.51. The Morgan fingerprint density at radius 2 is 2.00 bits per heavy atom. The van der Waals surface area contributed by atoms with Gasteiger partial charge in [-0.25, -0.2) is 4.79 Å². The Bertz CT molecular complexity index is 901. The molecule has 8 nitrogen and oxygen atoms in total. The van der Waals surface area contributed by atoms with Gasteiger partial charge >= 0.3 is 6.03 Å². The third-order valence-corrected chi connectivity index (χ3v) is 3.88. The number of barbiturate groups is 1. The third kappa shape index (κ3) is 3.84. The fraction of sp³-hybridized carbons (Fsp3) is 0.211. The van der Waals surface area contributed by atoms with E-state index in [1.54, 1.807) is 30.3 Å². The van der Waals surface area contributed by atoms with E-state index in [-0.39, 0.29) is 12.1 Å². The number of benzene rings is 1. The average Bonchev–Trinajstić information content (AvgIpc) is 3.16. The van der Waals surface area contributed by atoms with Crippen molar-refractivity contribution < 1.29 is 28.3 Å². The van der Waals surface area contributed by atoms with Crippen molar-refractivity contribution >= 4 is 23.9 Å². The molecule has 1 N–H and O–H groups in total. The minimum absolute atomic E-state index is 0.0743. The number of methoxy groups -OCH3 is 1. The molecule has 0 bridgehead atoms. The van der Waals surface area contributed by atoms with Gasteiger partial charge in [-0.2, -0.15) is 0 Å². The van der Waals surface area contributed by atoms with Crippen LogP contribution in [0.1, 0.15) is 18.2 Å². The average molecular weight is 370 g/mol. The topological polar surface area (TPSA) is 98.1 Å². The summed E-state index contributed by atoms with van der Waals surface area (Å²) in [7, 11) is 1.52. The number of urea groups is 1. The molecule has 8 heteroatoms. The highest BCUT2D eigenvalue weighted by Gasteiger charge is 2.36. The number of ether oxygens (including phenoxy) is 2. The Morgan fingerprint density at radius 1 is 1.19 bits per heavy atom. The second-order valence-corrected chi connectivity index (χ2v) is 5.63. The summed E-state index contributed by atoms with van der Waals surface area (Å²) < 4.78 is 15.9. The van der Waals surface area contributed by atoms with Gasteiger partial charge in [0, 0.05) is 0 Å². The molecular weight excluding hydrogens is 352 g/mol. The van der Waals surface area contributed by atoms with E-state index in [1.165, 1.54) is 19.4 Å². The number of carbonyl (C=O) groups is 3. The molecule has 0 aliphatic carbocycles. The molecule has 1 aliphatic heterocycles. The molecule has 3 rings (SSSR count). The number of hydrogen-bond donors (Lipinski definition) is 1. The van der Waals surface area contributed by atoms with E-state index in [2.05, 4.69) is 5.32 Å². The van der Waals surface area contributed by atoms with Crippen LogP contribution in [0.15, 0.2) is 46.6 Å². The molecule has 1 fully saturated rings. The van der Waals surface area contributed by atoms with Gasteiger partial charge in [0.15, 0.2) is 11.5 Å². The summed E-state index contributed by atoms with van der Waals surface area (Å²) in [5, 5.41) is 2.17. The molecule has 2 heterocycles. The number of rotatable bonds is 6. The zero-order valence-corrected chi connectivity index (χ0v) is 14.9. The van der Waals surface area contributed by atoms with Crippen LogP contribution in [0.4, 0.5) is 4.79 Å². The molecule has 0 radical (unpaired) electrons. The summed E-state index contributed by atoms with van der Waals surface area (Å²) in [6.07, 6.45) is 2.84. The van der Waals surface area contributed by atoms with E-state index >= 15 is 0 Å². The first kappa shape index (κ1) is 18.2. The van der Waals surface area contributed by atoms with Gasteiger partial charge in [0.2, 0.25) is 0 Å². The molecule has 1 aromatic carbocycles. The maximum Gasteiger partial charge on any atom is 0.331 e. The van der Waals surface area contributed by atoms with Crippen molar-refractivity contribution in [1.82, 2.24) is 10.2 Å². The molecular formula is C19H18N2O6. The molecule has 0 saturated carbocycles. The number of nitrogens with one attached hydrogen (secondary N) is 1. The number of carbonyl (C=O) groups excluding carboxylic acids is 3. The van der Waals surface area contributed by atoms with Crippen LogP contribution in [0, 0.1) is 0 Å². The maximum atomic E-state index is 12.7. The summed E-state index contributed by atoms with van der Waals surface area (Å²) >= 11 is 0. The minimum atomic E-state index is -0.789. The number of hydrogen-bond acceptors (Lipinski definition) is 6. The second kappa shape index (κ2) is 7.77. The van der Waals surface area contributed by atoms with Crippen molar-refractivity contribution in [2.45, 2.75) is 13.5 Å². The van der Waals surface area contributed by atoms with Crippen molar-refractivity contribution in [2.24, 2.45) is 0 Å². The maximum absolute atomic E-state index is 12.7. The van der Waals surface area contributed by atoms with E-state index in [1.807, 2.05) is 6.92 Å². The lowest BCUT2D eigenvalue weighted by atomic mass is 10.1. The fourth-order valence-electron chi connectivity index (χ4n) is 2.61. The van der Waals surface area contributed by atoms with Gasteiger partial charge in [-0.1, -0.05) is 6.07 Å². The first-order valence-corrected chi connectivity index (χ1v) is 8.25. The number of imide groups is 2. The highest BCUT2D eigenvalue weighted by molar-refractivity contribution is 6.30. The Morgan fingerprint density at radius 3 is 2.67 bits per heavy atom. The largest absolute Gasteiger partial charge is 0.493 e. The summed E-state index contributed by atoms with van der Waals surface area (Å²) in [6.45, 7) is 2.19. The van der Waals surface area contributed by atoms with Crippen molar-refractivity contribution in [3.8, 4) is 11.5 Å². The van der Waals surface area contributed by atoms with E-state index in [9.17, 15) is 14.4 Å². The van der Waals surface area contributed by atoms with Crippen LogP contribution in [0.5, 0.6) is 11.5 Å². The van der Waals surface area contributed by atoms with Crippen molar-refractivity contribution in [2.75, 3.05) is 13.7 Å².